The second kappa shape index (κ2) is 9.05. The first-order valence-corrected chi connectivity index (χ1v) is 9.35. The summed E-state index contributed by atoms with van der Waals surface area (Å²) in [6, 6.07) is 12.8. The third-order valence-corrected chi connectivity index (χ3v) is 4.60. The Bertz CT molecular complexity index is 1160. The van der Waals surface area contributed by atoms with Gasteiger partial charge in [0, 0.05) is 13.3 Å². The molecule has 1 heterocycles. The number of aromatic nitrogens is 2. The Morgan fingerprint density at radius 2 is 2.03 bits per heavy atom. The van der Waals surface area contributed by atoms with Gasteiger partial charge in [-0.2, -0.15) is 5.26 Å². The highest BCUT2D eigenvalue weighted by Gasteiger charge is 2.17. The molecule has 0 fully saturated rings. The normalized spacial score (nSPS) is 11.2. The van der Waals surface area contributed by atoms with Gasteiger partial charge in [0.15, 0.2) is 0 Å². The molecule has 1 N–H and O–H groups in total. The molecule has 152 valence electrons. The third-order valence-electron chi connectivity index (χ3n) is 4.60. The molecule has 0 unspecified atom stereocenters. The zero-order chi connectivity index (χ0) is 21.7. The molecule has 0 saturated heterocycles. The molecular formula is C23H21N3O4. The average molecular weight is 403 g/mol. The molecule has 3 aromatic rings. The Hall–Kier alpha value is -3.92. The van der Waals surface area contributed by atoms with Crippen molar-refractivity contribution in [2.75, 3.05) is 7.11 Å². The lowest BCUT2D eigenvalue weighted by Crippen LogP contribution is -2.04. The van der Waals surface area contributed by atoms with Crippen molar-refractivity contribution in [3.8, 4) is 11.8 Å². The number of carbonyl (C=O) groups is 1. The molecule has 0 amide bonds. The molecular weight excluding hydrogens is 382 g/mol. The van der Waals surface area contributed by atoms with Gasteiger partial charge in [-0.05, 0) is 59.9 Å². The number of aryl methyl sites for hydroxylation is 3. The van der Waals surface area contributed by atoms with Crippen LogP contribution in [0.25, 0.3) is 5.57 Å². The second-order valence-electron chi connectivity index (χ2n) is 6.74. The van der Waals surface area contributed by atoms with Gasteiger partial charge in [0.05, 0.1) is 18.7 Å². The fourth-order valence-corrected chi connectivity index (χ4v) is 3.30. The van der Waals surface area contributed by atoms with Gasteiger partial charge in [-0.25, -0.2) is 4.79 Å². The molecule has 0 spiro atoms. The van der Waals surface area contributed by atoms with Crippen LogP contribution in [0, 0.1) is 25.2 Å². The van der Waals surface area contributed by atoms with Gasteiger partial charge in [0.1, 0.15) is 11.3 Å². The molecule has 30 heavy (non-hydrogen) atoms. The van der Waals surface area contributed by atoms with Crippen molar-refractivity contribution >= 4 is 11.5 Å². The molecule has 7 nitrogen and oxygen atoms in total. The number of allylic oxidation sites excluding steroid dienone is 1. The number of aromatic carboxylic acids is 1. The Morgan fingerprint density at radius 3 is 2.67 bits per heavy atom. The lowest BCUT2D eigenvalue weighted by molar-refractivity contribution is 0.0693. The number of rotatable bonds is 7. The van der Waals surface area contributed by atoms with Gasteiger partial charge in [-0.15, -0.1) is 10.2 Å². The zero-order valence-corrected chi connectivity index (χ0v) is 17.0. The molecule has 0 atom stereocenters. The smallest absolute Gasteiger partial charge is 0.339 e. The number of nitriles is 1. The SMILES string of the molecule is COc1c(C)cc(C(=CCCc2nnc(C)o2)c2cccc(C#N)c2)cc1C(=O)O. The van der Waals surface area contributed by atoms with E-state index in [9.17, 15) is 15.2 Å². The van der Waals surface area contributed by atoms with E-state index in [-0.39, 0.29) is 5.56 Å². The van der Waals surface area contributed by atoms with E-state index < -0.39 is 5.97 Å². The van der Waals surface area contributed by atoms with Crippen LogP contribution in [0.1, 0.15) is 50.8 Å². The molecule has 0 radical (unpaired) electrons. The number of ether oxygens (including phenoxy) is 1. The van der Waals surface area contributed by atoms with Gasteiger partial charge in [-0.3, -0.25) is 0 Å². The number of methoxy groups -OCH3 is 1. The van der Waals surface area contributed by atoms with Crippen LogP contribution < -0.4 is 4.74 Å². The summed E-state index contributed by atoms with van der Waals surface area (Å²) in [4.78, 5) is 11.8. The molecule has 0 bridgehead atoms. The van der Waals surface area contributed by atoms with Crippen LogP contribution in [0.2, 0.25) is 0 Å². The van der Waals surface area contributed by atoms with Gasteiger partial charge in [0.25, 0.3) is 0 Å². The van der Waals surface area contributed by atoms with E-state index >= 15 is 0 Å². The van der Waals surface area contributed by atoms with Gasteiger partial charge < -0.3 is 14.3 Å². The number of carboxylic acids is 1. The Kier molecular flexibility index (Phi) is 6.28. The fourth-order valence-electron chi connectivity index (χ4n) is 3.30. The van der Waals surface area contributed by atoms with Crippen molar-refractivity contribution in [3.63, 3.8) is 0 Å². The van der Waals surface area contributed by atoms with E-state index in [1.807, 2.05) is 18.2 Å². The van der Waals surface area contributed by atoms with Crippen molar-refractivity contribution in [1.29, 1.82) is 5.26 Å². The van der Waals surface area contributed by atoms with Gasteiger partial charge in [0.2, 0.25) is 11.8 Å². The Morgan fingerprint density at radius 1 is 1.23 bits per heavy atom. The van der Waals surface area contributed by atoms with E-state index in [0.29, 0.717) is 41.5 Å². The average Bonchev–Trinajstić information content (AvgIpc) is 3.15. The van der Waals surface area contributed by atoms with Crippen LogP contribution >= 0.6 is 0 Å². The first-order chi connectivity index (χ1) is 14.4. The van der Waals surface area contributed by atoms with E-state index in [1.54, 1.807) is 38.1 Å². The third kappa shape index (κ3) is 4.55. The summed E-state index contributed by atoms with van der Waals surface area (Å²) in [7, 11) is 1.45. The summed E-state index contributed by atoms with van der Waals surface area (Å²) < 4.78 is 10.7. The van der Waals surface area contributed by atoms with Crippen LogP contribution in [0.5, 0.6) is 5.75 Å². The summed E-state index contributed by atoms with van der Waals surface area (Å²) in [5, 5.41) is 26.8. The first kappa shape index (κ1) is 20.8. The molecule has 0 aliphatic heterocycles. The monoisotopic (exact) mass is 403 g/mol. The zero-order valence-electron chi connectivity index (χ0n) is 17.0. The molecule has 0 saturated carbocycles. The molecule has 0 aliphatic carbocycles. The molecule has 0 aliphatic rings. The second-order valence-corrected chi connectivity index (χ2v) is 6.74. The van der Waals surface area contributed by atoms with Crippen LogP contribution in [0.4, 0.5) is 0 Å². The summed E-state index contributed by atoms with van der Waals surface area (Å²) in [5.41, 5.74) is 3.68. The summed E-state index contributed by atoms with van der Waals surface area (Å²) in [5.74, 6) is 0.305. The number of carboxylic acid groups (broad SMARTS) is 1. The number of nitrogens with zero attached hydrogens (tertiary/aromatic N) is 3. The maximum Gasteiger partial charge on any atom is 0.339 e. The predicted molar refractivity (Wildman–Crippen MR) is 110 cm³/mol. The van der Waals surface area contributed by atoms with Gasteiger partial charge in [-0.1, -0.05) is 18.2 Å². The van der Waals surface area contributed by atoms with Crippen LogP contribution in [-0.4, -0.2) is 28.4 Å². The largest absolute Gasteiger partial charge is 0.496 e. The topological polar surface area (TPSA) is 109 Å². The summed E-state index contributed by atoms with van der Waals surface area (Å²) in [6.45, 7) is 3.54. The maximum atomic E-state index is 11.8. The van der Waals surface area contributed by atoms with Crippen molar-refractivity contribution in [1.82, 2.24) is 10.2 Å². The first-order valence-electron chi connectivity index (χ1n) is 9.35. The lowest BCUT2D eigenvalue weighted by atomic mass is 9.92. The summed E-state index contributed by atoms with van der Waals surface area (Å²) >= 11 is 0. The molecule has 2 aromatic carbocycles. The van der Waals surface area contributed by atoms with Crippen molar-refractivity contribution in [2.45, 2.75) is 26.7 Å². The maximum absolute atomic E-state index is 11.8. The van der Waals surface area contributed by atoms with Crippen LogP contribution in [0.15, 0.2) is 46.9 Å². The molecule has 3 rings (SSSR count). The minimum Gasteiger partial charge on any atom is -0.496 e. The van der Waals surface area contributed by atoms with E-state index in [4.69, 9.17) is 9.15 Å². The standard InChI is InChI=1S/C23H21N3O4/c1-14-10-18(12-20(23(27)28)22(14)29-3)19(17-7-4-6-16(11-17)13-24)8-5-9-21-26-25-15(2)30-21/h4,6-8,10-12H,5,9H2,1-3H3,(H,27,28). The van der Waals surface area contributed by atoms with Crippen LogP contribution in [0.3, 0.4) is 0 Å². The predicted octanol–water partition coefficient (Wildman–Crippen LogP) is 4.33. The van der Waals surface area contributed by atoms with Crippen molar-refractivity contribution in [3.05, 3.63) is 82.1 Å². The van der Waals surface area contributed by atoms with Crippen molar-refractivity contribution < 1.29 is 19.1 Å². The van der Waals surface area contributed by atoms with Gasteiger partial charge >= 0.3 is 5.97 Å². The van der Waals surface area contributed by atoms with Crippen LogP contribution in [-0.2, 0) is 6.42 Å². The minimum absolute atomic E-state index is 0.0855. The highest BCUT2D eigenvalue weighted by atomic mass is 16.5. The van der Waals surface area contributed by atoms with E-state index in [1.165, 1.54) is 7.11 Å². The number of hydrogen-bond donors (Lipinski definition) is 1. The highest BCUT2D eigenvalue weighted by molar-refractivity contribution is 5.94. The molecule has 1 aromatic heterocycles. The lowest BCUT2D eigenvalue weighted by Gasteiger charge is -2.15. The minimum atomic E-state index is -1.07. The summed E-state index contributed by atoms with van der Waals surface area (Å²) in [6.07, 6.45) is 3.13. The van der Waals surface area contributed by atoms with Crippen molar-refractivity contribution in [2.24, 2.45) is 0 Å². The van der Waals surface area contributed by atoms with E-state index in [0.717, 1.165) is 16.7 Å². The number of hydrogen-bond acceptors (Lipinski definition) is 6. The molecule has 7 heteroatoms. The Balaban J connectivity index is 2.08. The fraction of sp³-hybridized carbons (Fsp3) is 0.217. The quantitative estimate of drug-likeness (QED) is 0.625. The Labute approximate surface area is 174 Å². The number of benzene rings is 2. The highest BCUT2D eigenvalue weighted by Crippen LogP contribution is 2.32. The van der Waals surface area contributed by atoms with E-state index in [2.05, 4.69) is 16.3 Å².